The Hall–Kier alpha value is -1.84. The van der Waals surface area contributed by atoms with Crippen LogP contribution in [-0.2, 0) is 11.3 Å². The largest absolute Gasteiger partial charge is 0.352 e. The molecule has 0 spiro atoms. The van der Waals surface area contributed by atoms with E-state index in [1.54, 1.807) is 4.90 Å². The van der Waals surface area contributed by atoms with Gasteiger partial charge < -0.3 is 10.2 Å². The minimum absolute atomic E-state index is 0.0323. The highest BCUT2D eigenvalue weighted by Crippen LogP contribution is 2.26. The summed E-state index contributed by atoms with van der Waals surface area (Å²) in [6, 6.07) is 7.27. The number of nitrogens with one attached hydrogen (secondary N) is 1. The van der Waals surface area contributed by atoms with Crippen molar-refractivity contribution in [1.29, 1.82) is 0 Å². The summed E-state index contributed by atoms with van der Waals surface area (Å²) in [5, 5.41) is 2.94. The van der Waals surface area contributed by atoms with E-state index in [0.29, 0.717) is 18.9 Å². The number of carbonyl (C=O) groups is 2. The smallest absolute Gasteiger partial charge is 0.255 e. The van der Waals surface area contributed by atoms with Crippen LogP contribution < -0.4 is 5.32 Å². The average Bonchev–Trinajstić information content (AvgIpc) is 2.73. The zero-order chi connectivity index (χ0) is 15.6. The highest BCUT2D eigenvalue weighted by Gasteiger charge is 2.36. The lowest BCUT2D eigenvalue weighted by Gasteiger charge is -2.29. The van der Waals surface area contributed by atoms with Crippen molar-refractivity contribution in [3.63, 3.8) is 0 Å². The highest BCUT2D eigenvalue weighted by atomic mass is 16.2. The van der Waals surface area contributed by atoms with Gasteiger partial charge in [-0.1, -0.05) is 32.0 Å². The lowest BCUT2D eigenvalue weighted by atomic mass is 10.0. The van der Waals surface area contributed by atoms with Crippen molar-refractivity contribution in [3.8, 4) is 0 Å². The first-order valence-corrected chi connectivity index (χ1v) is 7.59. The Labute approximate surface area is 126 Å². The van der Waals surface area contributed by atoms with E-state index in [4.69, 9.17) is 0 Å². The van der Waals surface area contributed by atoms with Gasteiger partial charge in [-0.25, -0.2) is 0 Å². The van der Waals surface area contributed by atoms with Crippen LogP contribution in [0.2, 0.25) is 0 Å². The van der Waals surface area contributed by atoms with Crippen molar-refractivity contribution in [2.75, 3.05) is 0 Å². The summed E-state index contributed by atoms with van der Waals surface area (Å²) in [5.41, 5.74) is 1.73. The molecule has 1 aliphatic heterocycles. The van der Waals surface area contributed by atoms with E-state index in [9.17, 15) is 9.59 Å². The van der Waals surface area contributed by atoms with Crippen molar-refractivity contribution in [1.82, 2.24) is 10.2 Å². The summed E-state index contributed by atoms with van der Waals surface area (Å²) in [4.78, 5) is 26.7. The predicted molar refractivity (Wildman–Crippen MR) is 82.8 cm³/mol. The van der Waals surface area contributed by atoms with Crippen molar-refractivity contribution < 1.29 is 9.59 Å². The summed E-state index contributed by atoms with van der Waals surface area (Å²) < 4.78 is 0. The molecule has 1 aromatic rings. The van der Waals surface area contributed by atoms with Gasteiger partial charge >= 0.3 is 0 Å². The molecule has 1 aromatic carbocycles. The zero-order valence-corrected chi connectivity index (χ0v) is 13.2. The number of carbonyl (C=O) groups excluding carboxylic acids is 2. The third kappa shape index (κ3) is 3.43. The molecule has 2 rings (SSSR count). The Kier molecular flexibility index (Phi) is 4.66. The fourth-order valence-corrected chi connectivity index (χ4v) is 2.73. The molecule has 0 radical (unpaired) electrons. The molecule has 0 aliphatic carbocycles. The van der Waals surface area contributed by atoms with E-state index in [-0.39, 0.29) is 17.9 Å². The number of nitrogens with zero attached hydrogens (tertiary/aromatic N) is 1. The molecular weight excluding hydrogens is 264 g/mol. The van der Waals surface area contributed by atoms with Gasteiger partial charge in [0, 0.05) is 18.2 Å². The molecule has 4 heteroatoms. The quantitative estimate of drug-likeness (QED) is 0.905. The molecular formula is C17H24N2O2. The van der Waals surface area contributed by atoms with E-state index in [1.165, 1.54) is 0 Å². The molecule has 114 valence electrons. The van der Waals surface area contributed by atoms with Gasteiger partial charge in [0.15, 0.2) is 0 Å². The Balaban J connectivity index is 2.23. The van der Waals surface area contributed by atoms with E-state index in [2.05, 4.69) is 19.2 Å². The molecule has 1 unspecified atom stereocenters. The van der Waals surface area contributed by atoms with Gasteiger partial charge in [-0.05, 0) is 37.8 Å². The van der Waals surface area contributed by atoms with Crippen LogP contribution in [0.5, 0.6) is 0 Å². The molecule has 0 saturated heterocycles. The van der Waals surface area contributed by atoms with E-state index in [0.717, 1.165) is 11.1 Å². The fourth-order valence-electron chi connectivity index (χ4n) is 2.73. The van der Waals surface area contributed by atoms with Crippen LogP contribution in [-0.4, -0.2) is 28.8 Å². The van der Waals surface area contributed by atoms with Crippen LogP contribution in [0.3, 0.4) is 0 Å². The number of fused-ring (bicyclic) bond motifs is 1. The summed E-state index contributed by atoms with van der Waals surface area (Å²) in [5.74, 6) is 0.263. The van der Waals surface area contributed by atoms with Crippen LogP contribution in [0, 0.1) is 5.92 Å². The monoisotopic (exact) mass is 288 g/mol. The first-order valence-electron chi connectivity index (χ1n) is 7.59. The molecule has 2 amide bonds. The van der Waals surface area contributed by atoms with Gasteiger partial charge in [0.1, 0.15) is 6.04 Å². The minimum atomic E-state index is -0.396. The standard InChI is InChI=1S/C17H24N2O2/c1-11(2)9-15(16(20)18-12(3)4)19-10-13-7-5-6-8-14(13)17(19)21/h5-8,11-12,15H,9-10H2,1-4H3,(H,18,20). The number of benzene rings is 1. The van der Waals surface area contributed by atoms with Crippen molar-refractivity contribution in [2.24, 2.45) is 5.92 Å². The molecule has 0 aromatic heterocycles. The second-order valence-electron chi connectivity index (χ2n) is 6.40. The summed E-state index contributed by atoms with van der Waals surface area (Å²) in [7, 11) is 0. The SMILES string of the molecule is CC(C)CC(C(=O)NC(C)C)N1Cc2ccccc2C1=O. The van der Waals surface area contributed by atoms with Crippen LogP contribution in [0.4, 0.5) is 0 Å². The molecule has 1 atom stereocenters. The molecule has 4 nitrogen and oxygen atoms in total. The molecule has 1 N–H and O–H groups in total. The predicted octanol–water partition coefficient (Wildman–Crippen LogP) is 2.58. The lowest BCUT2D eigenvalue weighted by Crippen LogP contribution is -2.49. The van der Waals surface area contributed by atoms with E-state index < -0.39 is 6.04 Å². The maximum atomic E-state index is 12.6. The molecule has 0 bridgehead atoms. The molecule has 0 saturated carbocycles. The normalized spacial score (nSPS) is 15.5. The number of hydrogen-bond acceptors (Lipinski definition) is 2. The zero-order valence-electron chi connectivity index (χ0n) is 13.2. The topological polar surface area (TPSA) is 49.4 Å². The van der Waals surface area contributed by atoms with Gasteiger partial charge in [-0.2, -0.15) is 0 Å². The number of amides is 2. The van der Waals surface area contributed by atoms with E-state index in [1.807, 2.05) is 38.1 Å². The van der Waals surface area contributed by atoms with Crippen LogP contribution in [0.1, 0.15) is 50.0 Å². The second kappa shape index (κ2) is 6.29. The van der Waals surface area contributed by atoms with Crippen molar-refractivity contribution >= 4 is 11.8 Å². The average molecular weight is 288 g/mol. The highest BCUT2D eigenvalue weighted by molar-refractivity contribution is 6.01. The molecule has 1 aliphatic rings. The maximum Gasteiger partial charge on any atom is 0.255 e. The Bertz CT molecular complexity index is 537. The van der Waals surface area contributed by atoms with Gasteiger partial charge in [0.2, 0.25) is 5.91 Å². The van der Waals surface area contributed by atoms with Gasteiger partial charge in [0.25, 0.3) is 5.91 Å². The third-order valence-electron chi connectivity index (χ3n) is 3.65. The Morgan fingerprint density at radius 1 is 1.24 bits per heavy atom. The van der Waals surface area contributed by atoms with Crippen molar-refractivity contribution in [3.05, 3.63) is 35.4 Å². The summed E-state index contributed by atoms with van der Waals surface area (Å²) in [6.45, 7) is 8.54. The first kappa shape index (κ1) is 15.5. The Morgan fingerprint density at radius 2 is 1.90 bits per heavy atom. The van der Waals surface area contributed by atoms with E-state index >= 15 is 0 Å². The van der Waals surface area contributed by atoms with Crippen LogP contribution in [0.25, 0.3) is 0 Å². The van der Waals surface area contributed by atoms with Crippen molar-refractivity contribution in [2.45, 2.75) is 52.7 Å². The Morgan fingerprint density at radius 3 is 2.48 bits per heavy atom. The lowest BCUT2D eigenvalue weighted by molar-refractivity contribution is -0.126. The number of rotatable bonds is 5. The van der Waals surface area contributed by atoms with Crippen LogP contribution >= 0.6 is 0 Å². The maximum absolute atomic E-state index is 12.6. The van der Waals surface area contributed by atoms with Gasteiger partial charge in [0.05, 0.1) is 0 Å². The number of hydrogen-bond donors (Lipinski definition) is 1. The summed E-state index contributed by atoms with van der Waals surface area (Å²) in [6.07, 6.45) is 0.679. The minimum Gasteiger partial charge on any atom is -0.352 e. The second-order valence-corrected chi connectivity index (χ2v) is 6.40. The molecule has 0 fully saturated rings. The summed E-state index contributed by atoms with van der Waals surface area (Å²) >= 11 is 0. The van der Waals surface area contributed by atoms with Gasteiger partial charge in [-0.15, -0.1) is 0 Å². The first-order chi connectivity index (χ1) is 9.90. The molecule has 21 heavy (non-hydrogen) atoms. The molecule has 1 heterocycles. The fraction of sp³-hybridized carbons (Fsp3) is 0.529. The van der Waals surface area contributed by atoms with Gasteiger partial charge in [-0.3, -0.25) is 9.59 Å². The third-order valence-corrected chi connectivity index (χ3v) is 3.65. The van der Waals surface area contributed by atoms with Crippen LogP contribution in [0.15, 0.2) is 24.3 Å².